The molecule has 0 spiro atoms. The van der Waals surface area contributed by atoms with Crippen LogP contribution in [0, 0.1) is 0 Å². The average molecular weight is 364 g/mol. The van der Waals surface area contributed by atoms with Gasteiger partial charge < -0.3 is 25.3 Å². The average Bonchev–Trinajstić information content (AvgIpc) is 2.62. The molecule has 0 saturated carbocycles. The van der Waals surface area contributed by atoms with Crippen LogP contribution in [0.4, 0.5) is 5.69 Å². The van der Waals surface area contributed by atoms with Gasteiger partial charge in [-0.25, -0.2) is 4.99 Å². The van der Waals surface area contributed by atoms with Crippen LogP contribution in [0.2, 0.25) is 5.02 Å². The van der Waals surface area contributed by atoms with E-state index in [9.17, 15) is 0 Å². The summed E-state index contributed by atoms with van der Waals surface area (Å²) in [5.74, 6) is 2.12. The van der Waals surface area contributed by atoms with Gasteiger partial charge in [0.25, 0.3) is 0 Å². The molecular weight excluding hydrogens is 342 g/mol. The number of nitrogens with zero attached hydrogens (tertiary/aromatic N) is 1. The third kappa shape index (κ3) is 5.19. The minimum Gasteiger partial charge on any atom is -0.497 e. The number of guanidine groups is 1. The van der Waals surface area contributed by atoms with Crippen LogP contribution in [0.1, 0.15) is 12.5 Å². The van der Waals surface area contributed by atoms with Gasteiger partial charge in [0.2, 0.25) is 0 Å². The molecule has 0 radical (unpaired) electrons. The Morgan fingerprint density at radius 1 is 1.20 bits per heavy atom. The van der Waals surface area contributed by atoms with E-state index in [-0.39, 0.29) is 5.96 Å². The summed E-state index contributed by atoms with van der Waals surface area (Å²) in [6, 6.07) is 11.1. The molecule has 0 amide bonds. The summed E-state index contributed by atoms with van der Waals surface area (Å²) in [6.45, 7) is 2.75. The maximum atomic E-state index is 6.26. The SMILES string of the molecule is CCOc1c(Cl)cc(CN=C(N)Nc2cccc(OC)c2)cc1OC. The lowest BCUT2D eigenvalue weighted by Gasteiger charge is -2.12. The molecule has 6 nitrogen and oxygen atoms in total. The number of aliphatic imine (C=N–C) groups is 1. The predicted molar refractivity (Wildman–Crippen MR) is 101 cm³/mol. The van der Waals surface area contributed by atoms with Crippen molar-refractivity contribution in [1.82, 2.24) is 0 Å². The molecule has 2 rings (SSSR count). The highest BCUT2D eigenvalue weighted by Crippen LogP contribution is 2.36. The summed E-state index contributed by atoms with van der Waals surface area (Å²) >= 11 is 6.26. The molecule has 0 bridgehead atoms. The molecule has 0 atom stereocenters. The smallest absolute Gasteiger partial charge is 0.193 e. The number of nitrogens with two attached hydrogens (primary N) is 1. The van der Waals surface area contributed by atoms with E-state index in [1.807, 2.05) is 37.3 Å². The van der Waals surface area contributed by atoms with Crippen molar-refractivity contribution in [1.29, 1.82) is 0 Å². The van der Waals surface area contributed by atoms with Gasteiger partial charge in [0.15, 0.2) is 17.5 Å². The van der Waals surface area contributed by atoms with Crippen LogP contribution in [0.15, 0.2) is 41.4 Å². The normalized spacial score (nSPS) is 11.1. The Morgan fingerprint density at radius 2 is 2.00 bits per heavy atom. The Labute approximate surface area is 152 Å². The molecular formula is C18H22ClN3O3. The third-order valence-corrected chi connectivity index (χ3v) is 3.63. The zero-order valence-electron chi connectivity index (χ0n) is 14.5. The largest absolute Gasteiger partial charge is 0.497 e. The number of nitrogens with one attached hydrogen (secondary N) is 1. The van der Waals surface area contributed by atoms with Crippen LogP contribution in [0.3, 0.4) is 0 Å². The molecule has 2 aromatic rings. The number of ether oxygens (including phenoxy) is 3. The Bertz CT molecular complexity index is 750. The maximum absolute atomic E-state index is 6.26. The molecule has 7 heteroatoms. The second-order valence-corrected chi connectivity index (χ2v) is 5.51. The Morgan fingerprint density at radius 3 is 2.68 bits per heavy atom. The van der Waals surface area contributed by atoms with Crippen molar-refractivity contribution in [2.24, 2.45) is 10.7 Å². The molecule has 0 heterocycles. The van der Waals surface area contributed by atoms with Crippen LogP contribution in [0.25, 0.3) is 0 Å². The maximum Gasteiger partial charge on any atom is 0.193 e. The number of hydrogen-bond acceptors (Lipinski definition) is 4. The fraction of sp³-hybridized carbons (Fsp3) is 0.278. The molecule has 0 aliphatic carbocycles. The zero-order chi connectivity index (χ0) is 18.2. The highest BCUT2D eigenvalue weighted by atomic mass is 35.5. The number of benzene rings is 2. The van der Waals surface area contributed by atoms with Gasteiger partial charge in [-0.05, 0) is 36.8 Å². The number of anilines is 1. The fourth-order valence-corrected chi connectivity index (χ4v) is 2.50. The van der Waals surface area contributed by atoms with Crippen LogP contribution in [0.5, 0.6) is 17.2 Å². The van der Waals surface area contributed by atoms with Crippen molar-refractivity contribution < 1.29 is 14.2 Å². The third-order valence-electron chi connectivity index (χ3n) is 3.35. The highest BCUT2D eigenvalue weighted by molar-refractivity contribution is 6.32. The summed E-state index contributed by atoms with van der Waals surface area (Å²) in [7, 11) is 3.18. The molecule has 3 N–H and O–H groups in total. The number of rotatable bonds is 7. The van der Waals surface area contributed by atoms with E-state index in [1.165, 1.54) is 0 Å². The Kier molecular flexibility index (Phi) is 6.77. The summed E-state index contributed by atoms with van der Waals surface area (Å²) in [5, 5.41) is 3.50. The van der Waals surface area contributed by atoms with Gasteiger partial charge in [-0.15, -0.1) is 0 Å². The molecule has 0 fully saturated rings. The van der Waals surface area contributed by atoms with E-state index < -0.39 is 0 Å². The topological polar surface area (TPSA) is 78.1 Å². The van der Waals surface area contributed by atoms with Gasteiger partial charge in [-0.1, -0.05) is 17.7 Å². The van der Waals surface area contributed by atoms with Crippen molar-refractivity contribution in [3.05, 3.63) is 47.0 Å². The minimum absolute atomic E-state index is 0.289. The van der Waals surface area contributed by atoms with Crippen molar-refractivity contribution in [2.45, 2.75) is 13.5 Å². The van der Waals surface area contributed by atoms with Crippen LogP contribution in [-0.4, -0.2) is 26.8 Å². The van der Waals surface area contributed by atoms with Gasteiger partial charge in [-0.3, -0.25) is 0 Å². The van der Waals surface area contributed by atoms with Gasteiger partial charge in [0.05, 0.1) is 32.4 Å². The molecule has 2 aromatic carbocycles. The van der Waals surface area contributed by atoms with Crippen molar-refractivity contribution in [3.8, 4) is 17.2 Å². The molecule has 134 valence electrons. The number of hydrogen-bond donors (Lipinski definition) is 2. The van der Waals surface area contributed by atoms with E-state index in [1.54, 1.807) is 20.3 Å². The molecule has 0 unspecified atom stereocenters. The van der Waals surface area contributed by atoms with Crippen LogP contribution < -0.4 is 25.3 Å². The van der Waals surface area contributed by atoms with Crippen LogP contribution in [-0.2, 0) is 6.54 Å². The summed E-state index contributed by atoms with van der Waals surface area (Å²) in [4.78, 5) is 4.32. The van der Waals surface area contributed by atoms with Gasteiger partial charge >= 0.3 is 0 Å². The van der Waals surface area contributed by atoms with Crippen molar-refractivity contribution >= 4 is 23.2 Å². The number of methoxy groups -OCH3 is 2. The lowest BCUT2D eigenvalue weighted by molar-refractivity contribution is 0.311. The first-order valence-corrected chi connectivity index (χ1v) is 8.15. The first-order chi connectivity index (χ1) is 12.1. The van der Waals surface area contributed by atoms with E-state index in [4.69, 9.17) is 31.5 Å². The van der Waals surface area contributed by atoms with Crippen LogP contribution >= 0.6 is 11.6 Å². The first kappa shape index (κ1) is 18.7. The standard InChI is InChI=1S/C18H22ClN3O3/c1-4-25-17-15(19)8-12(9-16(17)24-3)11-21-18(20)22-13-6-5-7-14(10-13)23-2/h5-10H,4,11H2,1-3H3,(H3,20,21,22). The van der Waals surface area contributed by atoms with E-state index >= 15 is 0 Å². The second-order valence-electron chi connectivity index (χ2n) is 5.10. The zero-order valence-corrected chi connectivity index (χ0v) is 15.3. The Balaban J connectivity index is 2.10. The second kappa shape index (κ2) is 9.03. The predicted octanol–water partition coefficient (Wildman–Crippen LogP) is 3.68. The van der Waals surface area contributed by atoms with E-state index in [2.05, 4.69) is 10.3 Å². The fourth-order valence-electron chi connectivity index (χ4n) is 2.21. The molecule has 0 saturated heterocycles. The Hall–Kier alpha value is -2.60. The van der Waals surface area contributed by atoms with Crippen molar-refractivity contribution in [2.75, 3.05) is 26.1 Å². The monoisotopic (exact) mass is 363 g/mol. The minimum atomic E-state index is 0.289. The lowest BCUT2D eigenvalue weighted by atomic mass is 10.2. The molecule has 0 aliphatic rings. The van der Waals surface area contributed by atoms with Crippen molar-refractivity contribution in [3.63, 3.8) is 0 Å². The van der Waals surface area contributed by atoms with E-state index in [0.29, 0.717) is 29.7 Å². The molecule has 25 heavy (non-hydrogen) atoms. The van der Waals surface area contributed by atoms with Gasteiger partial charge in [0, 0.05) is 11.8 Å². The van der Waals surface area contributed by atoms with Gasteiger partial charge in [0.1, 0.15) is 5.75 Å². The summed E-state index contributed by atoms with van der Waals surface area (Å²) in [6.07, 6.45) is 0. The quantitative estimate of drug-likeness (QED) is 0.579. The van der Waals surface area contributed by atoms with Gasteiger partial charge in [-0.2, -0.15) is 0 Å². The summed E-state index contributed by atoms with van der Waals surface area (Å²) < 4.78 is 16.0. The molecule has 0 aromatic heterocycles. The first-order valence-electron chi connectivity index (χ1n) is 7.77. The van der Waals surface area contributed by atoms with E-state index in [0.717, 1.165) is 17.0 Å². The molecule has 0 aliphatic heterocycles. The summed E-state index contributed by atoms with van der Waals surface area (Å²) in [5.41, 5.74) is 7.60. The highest BCUT2D eigenvalue weighted by Gasteiger charge is 2.11. The number of halogens is 1. The lowest BCUT2D eigenvalue weighted by Crippen LogP contribution is -2.22.